The summed E-state index contributed by atoms with van der Waals surface area (Å²) in [5.41, 5.74) is 2.15. The van der Waals surface area contributed by atoms with Gasteiger partial charge in [0.15, 0.2) is 0 Å². The first-order valence-corrected chi connectivity index (χ1v) is 12.1. The molecule has 0 fully saturated rings. The molecule has 0 aliphatic rings. The predicted octanol–water partition coefficient (Wildman–Crippen LogP) is 5.07. The molecule has 0 radical (unpaired) electrons. The molecule has 3 aromatic rings. The van der Waals surface area contributed by atoms with Crippen molar-refractivity contribution >= 4 is 37.9 Å². The van der Waals surface area contributed by atoms with E-state index in [1.807, 2.05) is 4.72 Å². The maximum absolute atomic E-state index is 14.8. The molecule has 0 saturated carbocycles. The number of nitrogens with one attached hydrogen (secondary N) is 1. The van der Waals surface area contributed by atoms with Gasteiger partial charge in [-0.2, -0.15) is 13.2 Å². The number of phenolic OH excluding ortho intramolecular Hbond substituents is 1. The molecule has 4 N–H and O–H groups in total. The van der Waals surface area contributed by atoms with E-state index in [0.717, 1.165) is 18.2 Å². The van der Waals surface area contributed by atoms with Gasteiger partial charge in [-0.3, -0.25) is 9.52 Å². The number of halogens is 6. The zero-order chi connectivity index (χ0) is 26.8. The van der Waals surface area contributed by atoms with E-state index >= 15 is 0 Å². The number of nitrogens with two attached hydrogens (primary N) is 1. The van der Waals surface area contributed by atoms with Crippen molar-refractivity contribution in [3.8, 4) is 22.6 Å². The van der Waals surface area contributed by atoms with Crippen LogP contribution < -0.4 is 15.2 Å². The number of anilines is 1. The molecule has 0 bridgehead atoms. The maximum Gasteiger partial charge on any atom is 0.416 e. The van der Waals surface area contributed by atoms with E-state index in [2.05, 4.69) is 15.9 Å². The number of carbonyl (C=O) groups is 1. The highest BCUT2D eigenvalue weighted by molar-refractivity contribution is 9.10. The van der Waals surface area contributed by atoms with Crippen molar-refractivity contribution in [1.82, 2.24) is 0 Å². The van der Waals surface area contributed by atoms with E-state index in [4.69, 9.17) is 10.5 Å². The quantitative estimate of drug-likeness (QED) is 0.247. The van der Waals surface area contributed by atoms with Crippen LogP contribution in [-0.4, -0.2) is 33.0 Å². The molecule has 192 valence electrons. The van der Waals surface area contributed by atoms with Crippen LogP contribution in [0.15, 0.2) is 51.8 Å². The second kappa shape index (κ2) is 10.4. The molecule has 36 heavy (non-hydrogen) atoms. The number of sulfonamides is 1. The van der Waals surface area contributed by atoms with E-state index in [-0.39, 0.29) is 35.0 Å². The van der Waals surface area contributed by atoms with Crippen LogP contribution in [0.3, 0.4) is 0 Å². The molecular formula is C22H16BrF5N2O5S. The monoisotopic (exact) mass is 594 g/mol. The van der Waals surface area contributed by atoms with Gasteiger partial charge in [-0.15, -0.1) is 0 Å². The minimum absolute atomic E-state index is 0.0175. The summed E-state index contributed by atoms with van der Waals surface area (Å²) in [6, 6.07) is 5.05. The number of rotatable bonds is 8. The van der Waals surface area contributed by atoms with Crippen LogP contribution in [0.4, 0.5) is 27.6 Å². The highest BCUT2D eigenvalue weighted by Gasteiger charge is 2.32. The second-order valence-electron chi connectivity index (χ2n) is 7.23. The first kappa shape index (κ1) is 27.4. The number of aldehydes is 1. The molecule has 0 heterocycles. The fraction of sp³-hybridized carbons (Fsp3) is 0.136. The zero-order valence-electron chi connectivity index (χ0n) is 17.9. The van der Waals surface area contributed by atoms with Crippen LogP contribution in [0.2, 0.25) is 0 Å². The van der Waals surface area contributed by atoms with Gasteiger partial charge in [-0.25, -0.2) is 17.2 Å². The van der Waals surface area contributed by atoms with Gasteiger partial charge in [0.05, 0.1) is 15.7 Å². The van der Waals surface area contributed by atoms with E-state index in [1.165, 1.54) is 0 Å². The van der Waals surface area contributed by atoms with E-state index in [0.29, 0.717) is 24.5 Å². The summed E-state index contributed by atoms with van der Waals surface area (Å²) in [5.74, 6) is -3.72. The average molecular weight is 595 g/mol. The van der Waals surface area contributed by atoms with Crippen LogP contribution in [0.25, 0.3) is 11.1 Å². The summed E-state index contributed by atoms with van der Waals surface area (Å²) in [6.45, 7) is -0.155. The lowest BCUT2D eigenvalue weighted by Crippen LogP contribution is -2.15. The van der Waals surface area contributed by atoms with E-state index < -0.39 is 60.9 Å². The number of carbonyl (C=O) groups excluding carboxylic acids is 1. The molecule has 0 aromatic heterocycles. The van der Waals surface area contributed by atoms with Crippen molar-refractivity contribution in [2.75, 3.05) is 17.9 Å². The number of benzene rings is 3. The third kappa shape index (κ3) is 5.77. The lowest BCUT2D eigenvalue weighted by atomic mass is 10.00. The van der Waals surface area contributed by atoms with Crippen LogP contribution in [-0.2, 0) is 16.2 Å². The SMILES string of the molecule is NCCOc1ccc(C(F)(F)F)cc1-c1cc(NS(=O)(=O)c2cc(C=O)cc(Br)c2O)c(F)cc1F. The Labute approximate surface area is 209 Å². The Balaban J connectivity index is 2.16. The molecule has 7 nitrogen and oxygen atoms in total. The van der Waals surface area contributed by atoms with Crippen LogP contribution in [0.1, 0.15) is 15.9 Å². The highest BCUT2D eigenvalue weighted by Crippen LogP contribution is 2.40. The molecule has 14 heteroatoms. The average Bonchev–Trinajstić information content (AvgIpc) is 2.80. The van der Waals surface area contributed by atoms with Crippen LogP contribution >= 0.6 is 15.9 Å². The summed E-state index contributed by atoms with van der Waals surface area (Å²) >= 11 is 2.89. The van der Waals surface area contributed by atoms with Gasteiger partial charge >= 0.3 is 6.18 Å². The molecular weight excluding hydrogens is 579 g/mol. The van der Waals surface area contributed by atoms with Crippen molar-refractivity contribution in [3.05, 3.63) is 69.7 Å². The number of phenols is 1. The van der Waals surface area contributed by atoms with E-state index in [9.17, 15) is 40.3 Å². The molecule has 0 aliphatic heterocycles. The Hall–Kier alpha value is -3.23. The smallest absolute Gasteiger partial charge is 0.416 e. The van der Waals surface area contributed by atoms with Crippen LogP contribution in [0, 0.1) is 11.6 Å². The normalized spacial score (nSPS) is 11.9. The number of hydrogen-bond donors (Lipinski definition) is 3. The first-order chi connectivity index (χ1) is 16.8. The molecule has 0 atom stereocenters. The molecule has 0 spiro atoms. The number of alkyl halides is 3. The second-order valence-corrected chi connectivity index (χ2v) is 9.74. The summed E-state index contributed by atoms with van der Waals surface area (Å²) in [5, 5.41) is 10.1. The van der Waals surface area contributed by atoms with Crippen molar-refractivity contribution in [2.24, 2.45) is 5.73 Å². The largest absolute Gasteiger partial charge is 0.505 e. The Bertz CT molecular complexity index is 1430. The Morgan fingerprint density at radius 1 is 1.06 bits per heavy atom. The number of ether oxygens (including phenoxy) is 1. The van der Waals surface area contributed by atoms with Gasteiger partial charge in [0.2, 0.25) is 0 Å². The van der Waals surface area contributed by atoms with Gasteiger partial charge in [0.1, 0.15) is 40.9 Å². The Kier molecular flexibility index (Phi) is 7.91. The fourth-order valence-corrected chi connectivity index (χ4v) is 4.93. The molecule has 0 aliphatic carbocycles. The summed E-state index contributed by atoms with van der Waals surface area (Å²) in [7, 11) is -4.77. The maximum atomic E-state index is 14.8. The van der Waals surface area contributed by atoms with Crippen molar-refractivity contribution in [3.63, 3.8) is 0 Å². The standard InChI is InChI=1S/C22H16BrF5N2O5S/c23-15-5-11(10-31)6-20(21(15)32)36(33,34)30-18-8-13(16(24)9-17(18)25)14-7-12(22(26,27)28)1-2-19(14)35-4-3-29/h1-2,5-10,30,32H,3-4,29H2. The summed E-state index contributed by atoms with van der Waals surface area (Å²) in [6.07, 6.45) is -4.51. The Morgan fingerprint density at radius 3 is 2.36 bits per heavy atom. The summed E-state index contributed by atoms with van der Waals surface area (Å²) < 4.78 is 102. The lowest BCUT2D eigenvalue weighted by Gasteiger charge is -2.17. The zero-order valence-corrected chi connectivity index (χ0v) is 20.3. The molecule has 0 amide bonds. The van der Waals surface area contributed by atoms with Crippen molar-refractivity contribution in [2.45, 2.75) is 11.1 Å². The van der Waals surface area contributed by atoms with Crippen LogP contribution in [0.5, 0.6) is 11.5 Å². The minimum atomic E-state index is -4.81. The molecule has 3 aromatic carbocycles. The predicted molar refractivity (Wildman–Crippen MR) is 123 cm³/mol. The Morgan fingerprint density at radius 2 is 1.75 bits per heavy atom. The number of hydrogen-bond acceptors (Lipinski definition) is 6. The fourth-order valence-electron chi connectivity index (χ4n) is 3.11. The number of aromatic hydroxyl groups is 1. The molecule has 0 unspecified atom stereocenters. The third-order valence-corrected chi connectivity index (χ3v) is 6.73. The molecule has 0 saturated heterocycles. The van der Waals surface area contributed by atoms with E-state index in [1.54, 1.807) is 0 Å². The minimum Gasteiger partial charge on any atom is -0.505 e. The lowest BCUT2D eigenvalue weighted by molar-refractivity contribution is -0.137. The molecule has 3 rings (SSSR count). The van der Waals surface area contributed by atoms with Gasteiger partial charge in [0.25, 0.3) is 10.0 Å². The summed E-state index contributed by atoms with van der Waals surface area (Å²) in [4.78, 5) is 10.3. The first-order valence-electron chi connectivity index (χ1n) is 9.82. The van der Waals surface area contributed by atoms with Gasteiger partial charge < -0.3 is 15.6 Å². The van der Waals surface area contributed by atoms with Crippen molar-refractivity contribution in [1.29, 1.82) is 0 Å². The van der Waals surface area contributed by atoms with Gasteiger partial charge in [0, 0.05) is 29.3 Å². The van der Waals surface area contributed by atoms with Crippen molar-refractivity contribution < 1.29 is 45.0 Å². The van der Waals surface area contributed by atoms with Gasteiger partial charge in [-0.1, -0.05) is 0 Å². The topological polar surface area (TPSA) is 119 Å². The third-order valence-electron chi connectivity index (χ3n) is 4.75. The van der Waals surface area contributed by atoms with Gasteiger partial charge in [-0.05, 0) is 52.3 Å². The highest BCUT2D eigenvalue weighted by atomic mass is 79.9.